The molecule has 1 amide bonds. The third-order valence-electron chi connectivity index (χ3n) is 8.72. The Morgan fingerprint density at radius 2 is 1.53 bits per heavy atom. The van der Waals surface area contributed by atoms with Crippen molar-refractivity contribution in [3.05, 3.63) is 75.2 Å². The second kappa shape index (κ2) is 19.7. The molecule has 2 unspecified atom stereocenters. The van der Waals surface area contributed by atoms with Crippen molar-refractivity contribution >= 4 is 80.9 Å². The summed E-state index contributed by atoms with van der Waals surface area (Å²) >= 11 is 25.8. The van der Waals surface area contributed by atoms with E-state index in [2.05, 4.69) is 27.9 Å². The molecule has 12 heteroatoms. The van der Waals surface area contributed by atoms with Crippen molar-refractivity contribution in [1.29, 1.82) is 0 Å². The predicted molar refractivity (Wildman–Crippen MR) is 215 cm³/mol. The zero-order chi connectivity index (χ0) is 37.0. The maximum Gasteiger partial charge on any atom is 0.280 e. The minimum atomic E-state index is -1.13. The van der Waals surface area contributed by atoms with Gasteiger partial charge in [0.05, 0.1) is 26.8 Å². The quantitative estimate of drug-likeness (QED) is 0.0680. The van der Waals surface area contributed by atoms with Gasteiger partial charge in [-0.3, -0.25) is 10.2 Å². The molecule has 8 nitrogen and oxygen atoms in total. The molecule has 3 aromatic rings. The van der Waals surface area contributed by atoms with Gasteiger partial charge in [0, 0.05) is 22.8 Å². The van der Waals surface area contributed by atoms with Crippen LogP contribution in [0.15, 0.2) is 69.8 Å². The van der Waals surface area contributed by atoms with E-state index in [4.69, 9.17) is 51.4 Å². The van der Waals surface area contributed by atoms with Crippen LogP contribution < -0.4 is 15.8 Å². The average molecular weight is 777 g/mol. The molecule has 0 radical (unpaired) electrons. The van der Waals surface area contributed by atoms with Gasteiger partial charge in [0.1, 0.15) is 11.4 Å². The highest BCUT2D eigenvalue weighted by molar-refractivity contribution is 6.43. The van der Waals surface area contributed by atoms with Gasteiger partial charge in [-0.2, -0.15) is 10.2 Å². The molecule has 0 aromatic heterocycles. The van der Waals surface area contributed by atoms with Crippen LogP contribution in [0, 0.1) is 0 Å². The van der Waals surface area contributed by atoms with Gasteiger partial charge in [-0.1, -0.05) is 133 Å². The second-order valence-corrected chi connectivity index (χ2v) is 15.9. The van der Waals surface area contributed by atoms with Crippen molar-refractivity contribution in [2.24, 2.45) is 15.2 Å². The fraction of sp³-hybridized carbons (Fsp3) is 0.487. The largest absolute Gasteiger partial charge is 0.508 e. The van der Waals surface area contributed by atoms with E-state index >= 15 is 0 Å². The topological polar surface area (TPSA) is 102 Å². The number of unbranched alkanes of at least 4 members (excludes halogenated alkanes) is 9. The van der Waals surface area contributed by atoms with E-state index in [1.165, 1.54) is 74.9 Å². The minimum absolute atomic E-state index is 0.00838. The summed E-state index contributed by atoms with van der Waals surface area (Å²) in [5.74, 6) is -0.0908. The molecule has 3 aromatic carbocycles. The number of aromatic hydroxyl groups is 1. The number of azo groups is 1. The lowest BCUT2D eigenvalue weighted by atomic mass is 9.86. The van der Waals surface area contributed by atoms with Gasteiger partial charge in [0.25, 0.3) is 5.91 Å². The SMILES string of the molecule is CCCCCCCCCCCCC(Cl)CNc1cccc(N=C2NN(c3c(Cl)cc(Cl)cc3Cl)C(=O)C2N=Nc2ccc(O)c(C(C)(C)C)c2)c1. The Morgan fingerprint density at radius 1 is 0.882 bits per heavy atom. The number of carbonyl (C=O) groups is 1. The van der Waals surface area contributed by atoms with Crippen molar-refractivity contribution in [3.63, 3.8) is 0 Å². The zero-order valence-electron chi connectivity index (χ0n) is 30.0. The second-order valence-electron chi connectivity index (χ2n) is 14.1. The standard InChI is InChI=1S/C39H50Cl4N6O2/c1-5-6-7-8-9-10-11-12-13-14-16-26(40)25-44-28-17-15-18-29(23-28)45-37-35(47-46-30-19-20-34(50)31(24-30)39(2,3)4)38(51)49(48-37)36-32(42)21-27(41)22-33(36)43/h15,17-24,26,35,44,50H,5-14,16,25H2,1-4H3,(H,45,48). The molecule has 2 atom stereocenters. The molecule has 0 bridgehead atoms. The molecule has 4 rings (SSSR count). The van der Waals surface area contributed by atoms with Crippen molar-refractivity contribution in [1.82, 2.24) is 5.43 Å². The number of amidine groups is 1. The molecule has 3 N–H and O–H groups in total. The van der Waals surface area contributed by atoms with Crippen molar-refractivity contribution in [3.8, 4) is 5.75 Å². The number of phenolic OH excluding ortho intramolecular Hbond substituents is 1. The number of halogens is 4. The molecule has 0 saturated carbocycles. The van der Waals surface area contributed by atoms with Crippen LogP contribution in [0.1, 0.15) is 104 Å². The van der Waals surface area contributed by atoms with E-state index in [1.807, 2.05) is 45.0 Å². The fourth-order valence-electron chi connectivity index (χ4n) is 5.89. The van der Waals surface area contributed by atoms with Crippen LogP contribution in [0.3, 0.4) is 0 Å². The number of hydrogen-bond donors (Lipinski definition) is 3. The smallest absolute Gasteiger partial charge is 0.280 e. The van der Waals surface area contributed by atoms with E-state index in [0.29, 0.717) is 28.5 Å². The Bertz CT molecular complexity index is 1650. The number of rotatable bonds is 18. The van der Waals surface area contributed by atoms with E-state index < -0.39 is 11.9 Å². The van der Waals surface area contributed by atoms with Crippen LogP contribution in [0.4, 0.5) is 22.7 Å². The van der Waals surface area contributed by atoms with Gasteiger partial charge in [-0.25, -0.2) is 10.0 Å². The van der Waals surface area contributed by atoms with Crippen molar-refractivity contribution in [2.45, 2.75) is 115 Å². The van der Waals surface area contributed by atoms with Gasteiger partial charge < -0.3 is 10.4 Å². The summed E-state index contributed by atoms with van der Waals surface area (Å²) in [6, 6.07) is 14.4. The third-order valence-corrected chi connectivity index (χ3v) is 9.88. The van der Waals surface area contributed by atoms with E-state index in [1.54, 1.807) is 18.2 Å². The first kappa shape index (κ1) is 40.7. The number of amides is 1. The molecule has 276 valence electrons. The van der Waals surface area contributed by atoms with Crippen LogP contribution in [-0.4, -0.2) is 34.8 Å². The molecule has 51 heavy (non-hydrogen) atoms. The highest BCUT2D eigenvalue weighted by Gasteiger charge is 2.41. The third kappa shape index (κ3) is 12.3. The first-order chi connectivity index (χ1) is 24.4. The van der Waals surface area contributed by atoms with Gasteiger partial charge in [0.15, 0.2) is 5.84 Å². The van der Waals surface area contributed by atoms with E-state index in [0.717, 1.165) is 18.5 Å². The number of nitrogens with zero attached hydrogens (tertiary/aromatic N) is 4. The fourth-order valence-corrected chi connectivity index (χ4v) is 7.11. The molecule has 0 aliphatic carbocycles. The number of anilines is 2. The molecule has 1 fully saturated rings. The number of hydrazine groups is 1. The van der Waals surface area contributed by atoms with Crippen LogP contribution in [0.2, 0.25) is 15.1 Å². The first-order valence-corrected chi connectivity index (χ1v) is 19.5. The van der Waals surface area contributed by atoms with Crippen LogP contribution >= 0.6 is 46.4 Å². The van der Waals surface area contributed by atoms with E-state index in [-0.39, 0.29) is 38.1 Å². The molecular weight excluding hydrogens is 726 g/mol. The molecular formula is C39H50Cl4N6O2. The van der Waals surface area contributed by atoms with Gasteiger partial charge in [0.2, 0.25) is 6.04 Å². The van der Waals surface area contributed by atoms with Crippen LogP contribution in [-0.2, 0) is 10.2 Å². The monoisotopic (exact) mass is 774 g/mol. The Balaban J connectivity index is 1.45. The summed E-state index contributed by atoms with van der Waals surface area (Å²) in [6.45, 7) is 8.85. The maximum absolute atomic E-state index is 13.9. The predicted octanol–water partition coefficient (Wildman–Crippen LogP) is 12.7. The molecule has 0 spiro atoms. The molecule has 1 heterocycles. The zero-order valence-corrected chi connectivity index (χ0v) is 33.0. The van der Waals surface area contributed by atoms with Crippen molar-refractivity contribution < 1.29 is 9.90 Å². The Labute approximate surface area is 323 Å². The van der Waals surface area contributed by atoms with Crippen molar-refractivity contribution in [2.75, 3.05) is 16.9 Å². The lowest BCUT2D eigenvalue weighted by Crippen LogP contribution is -2.36. The van der Waals surface area contributed by atoms with E-state index in [9.17, 15) is 9.90 Å². The summed E-state index contributed by atoms with van der Waals surface area (Å²) in [5, 5.41) is 24.6. The highest BCUT2D eigenvalue weighted by atomic mass is 35.5. The molecule has 1 aliphatic rings. The summed E-state index contributed by atoms with van der Waals surface area (Å²) in [6.07, 6.45) is 13.9. The average Bonchev–Trinajstić information content (AvgIpc) is 3.36. The number of alkyl halides is 1. The number of nitrogens with one attached hydrogen (secondary N) is 2. The lowest BCUT2D eigenvalue weighted by Gasteiger charge is -2.20. The van der Waals surface area contributed by atoms with Gasteiger partial charge in [-0.15, -0.1) is 11.6 Å². The number of aliphatic imine (C=N–C) groups is 1. The molecule has 1 aliphatic heterocycles. The summed E-state index contributed by atoms with van der Waals surface area (Å²) < 4.78 is 0. The Morgan fingerprint density at radius 3 is 2.18 bits per heavy atom. The number of benzene rings is 3. The minimum Gasteiger partial charge on any atom is -0.508 e. The Kier molecular flexibility index (Phi) is 15.7. The summed E-state index contributed by atoms with van der Waals surface area (Å²) in [5.41, 5.74) is 5.57. The first-order valence-electron chi connectivity index (χ1n) is 17.9. The maximum atomic E-state index is 13.9. The highest BCUT2D eigenvalue weighted by Crippen LogP contribution is 2.38. The number of hydrogen-bond acceptors (Lipinski definition) is 6. The normalized spacial score (nSPS) is 16.3. The number of carbonyl (C=O) groups excluding carboxylic acids is 1. The van der Waals surface area contributed by atoms with Crippen LogP contribution in [0.5, 0.6) is 5.75 Å². The number of phenols is 1. The van der Waals surface area contributed by atoms with Gasteiger partial charge >= 0.3 is 0 Å². The molecule has 1 saturated heterocycles. The van der Waals surface area contributed by atoms with Gasteiger partial charge in [-0.05, 0) is 60.4 Å². The van der Waals surface area contributed by atoms with Crippen LogP contribution in [0.25, 0.3) is 0 Å². The summed E-state index contributed by atoms with van der Waals surface area (Å²) in [4.78, 5) is 18.6. The summed E-state index contributed by atoms with van der Waals surface area (Å²) in [7, 11) is 0. The Hall–Kier alpha value is -3.04. The lowest BCUT2D eigenvalue weighted by molar-refractivity contribution is -0.117.